The average molecular weight is 1440 g/mol. The first kappa shape index (κ1) is 81.9. The highest BCUT2D eigenvalue weighted by Gasteiger charge is 2.56. The molecule has 0 unspecified atom stereocenters. The quantitative estimate of drug-likeness (QED) is 0.203. The number of amides is 11. The molecule has 6 rings (SSSR count). The van der Waals surface area contributed by atoms with E-state index in [1.54, 1.807) is 20.8 Å². The van der Waals surface area contributed by atoms with E-state index < -0.39 is 222 Å². The highest BCUT2D eigenvalue weighted by Crippen LogP contribution is 2.40. The molecule has 101 heavy (non-hydrogen) atoms. The van der Waals surface area contributed by atoms with Gasteiger partial charge < -0.3 is 55.1 Å². The molecule has 3 N–H and O–H groups in total. The van der Waals surface area contributed by atoms with Crippen LogP contribution in [0.25, 0.3) is 0 Å². The first-order valence-electron chi connectivity index (χ1n) is 34.0. The van der Waals surface area contributed by atoms with Crippen molar-refractivity contribution < 1.29 is 96.6 Å². The zero-order valence-corrected chi connectivity index (χ0v) is 59.6. The van der Waals surface area contributed by atoms with Crippen LogP contribution in [0.1, 0.15) is 148 Å². The number of nitrogens with zero attached hydrogens (tertiary/aromatic N) is 8. The molecule has 9 atom stereocenters. The highest BCUT2D eigenvalue weighted by molar-refractivity contribution is 6.01. The van der Waals surface area contributed by atoms with Gasteiger partial charge in [-0.1, -0.05) is 79.4 Å². The molecule has 3 saturated heterocycles. The Kier molecular flexibility index (Phi) is 26.3. The molecule has 32 heteroatoms. The maximum atomic E-state index is 15.9. The number of rotatable bonds is 11. The van der Waals surface area contributed by atoms with Gasteiger partial charge in [-0.3, -0.25) is 52.7 Å². The molecule has 0 aromatic heterocycles. The first-order chi connectivity index (χ1) is 46.8. The second-order valence-electron chi connectivity index (χ2n) is 28.2. The number of carbonyl (C=O) groups excluding carboxylic acids is 11. The van der Waals surface area contributed by atoms with E-state index in [2.05, 4.69) is 16.0 Å². The van der Waals surface area contributed by atoms with Crippen molar-refractivity contribution >= 4 is 65.0 Å². The van der Waals surface area contributed by atoms with E-state index in [1.807, 2.05) is 27.7 Å². The smallest absolute Gasteiger partial charge is 0.343 e. The summed E-state index contributed by atoms with van der Waals surface area (Å²) in [5.41, 5.74) is -7.38. The van der Waals surface area contributed by atoms with Crippen molar-refractivity contribution in [2.45, 2.75) is 211 Å². The summed E-state index contributed by atoms with van der Waals surface area (Å²) in [5.74, 6) is -19.6. The van der Waals surface area contributed by atoms with Gasteiger partial charge in [0.2, 0.25) is 65.0 Å². The predicted molar refractivity (Wildman–Crippen MR) is 348 cm³/mol. The molecule has 1 saturated carbocycles. The van der Waals surface area contributed by atoms with Crippen LogP contribution in [0.3, 0.4) is 0 Å². The predicted octanol–water partition coefficient (Wildman–Crippen LogP) is 6.59. The monoisotopic (exact) mass is 1440 g/mol. The fourth-order valence-electron chi connectivity index (χ4n) is 13.9. The Hall–Kier alpha value is -8.09. The number of fused-ring (bicyclic) bond motifs is 2. The maximum absolute atomic E-state index is 15.9. The molecule has 11 amide bonds. The number of benzene rings is 2. The highest BCUT2D eigenvalue weighted by atomic mass is 19.4. The summed E-state index contributed by atoms with van der Waals surface area (Å²) in [4.78, 5) is 170. The molecule has 22 nitrogen and oxygen atoms in total. The summed E-state index contributed by atoms with van der Waals surface area (Å²) in [6.45, 7) is 10.5. The molecular weight excluding hydrogens is 1350 g/mol. The van der Waals surface area contributed by atoms with Crippen LogP contribution in [-0.2, 0) is 77.9 Å². The Labute approximate surface area is 581 Å². The third kappa shape index (κ3) is 18.4. The van der Waals surface area contributed by atoms with Crippen molar-refractivity contribution in [2.24, 2.45) is 17.8 Å². The molecule has 3 aliphatic heterocycles. The van der Waals surface area contributed by atoms with Crippen LogP contribution in [0.4, 0.5) is 43.9 Å². The van der Waals surface area contributed by atoms with Gasteiger partial charge in [0.05, 0.1) is 25.2 Å². The van der Waals surface area contributed by atoms with Gasteiger partial charge in [0.1, 0.15) is 64.5 Å². The molecule has 1 spiro atoms. The van der Waals surface area contributed by atoms with Crippen LogP contribution in [0.5, 0.6) is 0 Å². The van der Waals surface area contributed by atoms with Crippen LogP contribution in [0.15, 0.2) is 36.4 Å². The minimum atomic E-state index is -5.50. The number of alkyl halides is 8. The standard InChI is InChI=1S/C69H95F10N11O11/c1-15-39(5)67(40(6)16-2)64(101)86(12)42(8)59(96)89-28-25-49(89)62(99)88(14)51(33-43-19-22-45(23-20-43)68(74,75)76)61(98)83(9)35-53(91)80-48(24-21-44-31-46(70)56(47(71)32-44)69(77,78)79)60(97)90-37-66(72,73)34-52(90)58(95)81-65(26-17-18-27-65)63(100)84(10)36-55(93)85(11)41(7)30-54(92)87(13)50(29-38(3)4)57(94)82-67/h19-20,22-23,31-32,38-42,48-52H,15-18,21,24-30,33-37H2,1-14H3,(H,80,91)(H,81,95)(H,82,94)/t39-,40-,41+,42-,48-,49-,50-,51-,52-/m0/s1. The Balaban J connectivity index is 1.46. The molecule has 2 aromatic carbocycles. The Morgan fingerprint density at radius 2 is 1.18 bits per heavy atom. The Morgan fingerprint density at radius 3 is 1.69 bits per heavy atom. The van der Waals surface area contributed by atoms with Crippen LogP contribution in [0, 0.1) is 29.4 Å². The van der Waals surface area contributed by atoms with Crippen LogP contribution in [-0.4, -0.2) is 232 Å². The zero-order chi connectivity index (χ0) is 76.1. The van der Waals surface area contributed by atoms with Gasteiger partial charge in [-0.2, -0.15) is 26.3 Å². The van der Waals surface area contributed by atoms with Gasteiger partial charge in [-0.25, -0.2) is 17.6 Å². The Morgan fingerprint density at radius 1 is 0.604 bits per heavy atom. The van der Waals surface area contributed by atoms with E-state index in [0.29, 0.717) is 42.7 Å². The average Bonchev–Trinajstić information content (AvgIpc) is 0.979. The number of hydrogen-bond donors (Lipinski definition) is 3. The molecule has 4 fully saturated rings. The number of nitrogens with one attached hydrogen (secondary N) is 3. The molecular formula is C69H95F10N11O11. The SMILES string of the molecule is CC[C@H](C)C1([C@@H](C)CC)NC(=O)[C@H](CC(C)C)N(C)C(=O)C[C@@H](C)N(C)C(=O)CN(C)C(=O)C2(CCCC2)NC(=O)[C@@H]2CC(F)(F)CN2C(=O)[C@H](CCc2cc(F)c(C(F)(F)F)c(F)c2)NC(=O)CN(C)C(=O)[C@H](Cc2ccc(C(F)(F)F)cc2)N(C)C(=O)[C@@H]2CCN2C(=O)[C@H](C)N(C)C1=O. The molecule has 0 bridgehead atoms. The van der Waals surface area contributed by atoms with Crippen molar-refractivity contribution in [2.75, 3.05) is 68.5 Å². The molecule has 0 radical (unpaired) electrons. The third-order valence-electron chi connectivity index (χ3n) is 20.8. The summed E-state index contributed by atoms with van der Waals surface area (Å²) in [6, 6.07) is -6.57. The lowest BCUT2D eigenvalue weighted by molar-refractivity contribution is -0.162. The second kappa shape index (κ2) is 32.5. The van der Waals surface area contributed by atoms with Gasteiger partial charge in [-0.15, -0.1) is 0 Å². The van der Waals surface area contributed by atoms with Gasteiger partial charge in [0.25, 0.3) is 5.92 Å². The topological polar surface area (TPSA) is 250 Å². The number of carbonyl (C=O) groups is 11. The van der Waals surface area contributed by atoms with E-state index in [4.69, 9.17) is 0 Å². The number of hydrogen-bond acceptors (Lipinski definition) is 11. The van der Waals surface area contributed by atoms with Gasteiger partial charge >= 0.3 is 12.4 Å². The summed E-state index contributed by atoms with van der Waals surface area (Å²) >= 11 is 0. The number of halogens is 10. The fourth-order valence-corrected chi connectivity index (χ4v) is 13.9. The van der Waals surface area contributed by atoms with E-state index in [9.17, 15) is 78.3 Å². The van der Waals surface area contributed by atoms with Crippen LogP contribution in [0.2, 0.25) is 0 Å². The normalized spacial score (nSPS) is 25.7. The lowest BCUT2D eigenvalue weighted by atomic mass is 9.71. The van der Waals surface area contributed by atoms with Gasteiger partial charge in [0.15, 0.2) is 0 Å². The van der Waals surface area contributed by atoms with Crippen molar-refractivity contribution in [1.29, 1.82) is 0 Å². The minimum absolute atomic E-state index is 0.00368. The van der Waals surface area contributed by atoms with E-state index in [1.165, 1.54) is 44.9 Å². The fraction of sp³-hybridized carbons (Fsp3) is 0.667. The van der Waals surface area contributed by atoms with E-state index in [0.717, 1.165) is 62.9 Å². The number of likely N-dealkylation sites (N-methyl/N-ethyl adjacent to an activating group) is 6. The molecule has 3 heterocycles. The summed E-state index contributed by atoms with van der Waals surface area (Å²) in [6.07, 6.45) is -12.9. The maximum Gasteiger partial charge on any atom is 0.422 e. The number of aryl methyl sites for hydroxylation is 1. The first-order valence-corrected chi connectivity index (χ1v) is 34.0. The van der Waals surface area contributed by atoms with Crippen molar-refractivity contribution in [3.63, 3.8) is 0 Å². The third-order valence-corrected chi connectivity index (χ3v) is 20.8. The Bertz CT molecular complexity index is 3390. The molecule has 562 valence electrons. The van der Waals surface area contributed by atoms with E-state index >= 15 is 18.4 Å². The van der Waals surface area contributed by atoms with Crippen LogP contribution >= 0.6 is 0 Å². The summed E-state index contributed by atoms with van der Waals surface area (Å²) in [5, 5.41) is 7.94. The van der Waals surface area contributed by atoms with E-state index in [-0.39, 0.29) is 50.1 Å². The van der Waals surface area contributed by atoms with Crippen molar-refractivity contribution in [3.8, 4) is 0 Å². The lowest BCUT2D eigenvalue weighted by Gasteiger charge is -2.48. The minimum Gasteiger partial charge on any atom is -0.343 e. The largest absolute Gasteiger partial charge is 0.422 e. The molecule has 2 aromatic rings. The van der Waals surface area contributed by atoms with Gasteiger partial charge in [-0.05, 0) is 106 Å². The van der Waals surface area contributed by atoms with Crippen molar-refractivity contribution in [3.05, 3.63) is 70.3 Å². The van der Waals surface area contributed by atoms with Crippen LogP contribution < -0.4 is 16.0 Å². The summed E-state index contributed by atoms with van der Waals surface area (Å²) < 4.78 is 144. The molecule has 4 aliphatic rings. The second-order valence-corrected chi connectivity index (χ2v) is 28.2. The summed E-state index contributed by atoms with van der Waals surface area (Å²) in [7, 11) is 7.60. The lowest BCUT2D eigenvalue weighted by Crippen LogP contribution is -2.70. The zero-order valence-electron chi connectivity index (χ0n) is 59.6. The molecule has 1 aliphatic carbocycles. The van der Waals surface area contributed by atoms with Crippen molar-refractivity contribution in [1.82, 2.24) is 55.1 Å². The van der Waals surface area contributed by atoms with Gasteiger partial charge in [0, 0.05) is 74.1 Å².